The Morgan fingerprint density at radius 3 is 2.67 bits per heavy atom. The lowest BCUT2D eigenvalue weighted by atomic mass is 10.1. The highest BCUT2D eigenvalue weighted by atomic mass is 16.5. The second-order valence-electron chi connectivity index (χ2n) is 7.00. The zero-order chi connectivity index (χ0) is 18.8. The van der Waals surface area contributed by atoms with Crippen LogP contribution in [0.3, 0.4) is 0 Å². The van der Waals surface area contributed by atoms with Gasteiger partial charge >= 0.3 is 5.97 Å². The number of benzene rings is 1. The molecular weight excluding hydrogens is 346 g/mol. The molecule has 2 aliphatic heterocycles. The maximum absolute atomic E-state index is 12.4. The Hall–Kier alpha value is -2.77. The van der Waals surface area contributed by atoms with Crippen LogP contribution < -0.4 is 0 Å². The van der Waals surface area contributed by atoms with Crippen molar-refractivity contribution >= 4 is 11.9 Å². The topological polar surface area (TPSA) is 83.0 Å². The summed E-state index contributed by atoms with van der Waals surface area (Å²) in [6.45, 7) is 2.84. The van der Waals surface area contributed by atoms with E-state index in [2.05, 4.69) is 9.88 Å². The van der Waals surface area contributed by atoms with E-state index in [1.165, 1.54) is 0 Å². The molecule has 4 rings (SSSR count). The molecule has 2 aliphatic rings. The number of carbonyl (C=O) groups excluding carboxylic acids is 1. The van der Waals surface area contributed by atoms with Gasteiger partial charge in [0.1, 0.15) is 6.61 Å². The molecule has 27 heavy (non-hydrogen) atoms. The van der Waals surface area contributed by atoms with E-state index in [0.29, 0.717) is 13.1 Å². The number of carboxylic acid groups (broad SMARTS) is 1. The molecule has 2 unspecified atom stereocenters. The second-order valence-corrected chi connectivity index (χ2v) is 7.00. The fraction of sp³-hybridized carbons (Fsp3) is 0.350. The number of ether oxygens (including phenoxy) is 1. The van der Waals surface area contributed by atoms with E-state index >= 15 is 0 Å². The number of hydrogen-bond acceptors (Lipinski definition) is 5. The highest BCUT2D eigenvalue weighted by Gasteiger charge is 2.42. The summed E-state index contributed by atoms with van der Waals surface area (Å²) < 4.78 is 5.77. The van der Waals surface area contributed by atoms with E-state index in [1.54, 1.807) is 24.5 Å². The van der Waals surface area contributed by atoms with Crippen molar-refractivity contribution in [2.75, 3.05) is 19.7 Å². The highest BCUT2D eigenvalue weighted by Crippen LogP contribution is 2.26. The lowest BCUT2D eigenvalue weighted by Gasteiger charge is -2.36. The molecule has 2 saturated heterocycles. The lowest BCUT2D eigenvalue weighted by molar-refractivity contribution is -0.153. The normalized spacial score (nSPS) is 22.7. The number of likely N-dealkylation sites (tertiary alicyclic amines) is 1. The van der Waals surface area contributed by atoms with Crippen molar-refractivity contribution in [1.82, 2.24) is 14.8 Å². The maximum atomic E-state index is 12.4. The third-order valence-corrected chi connectivity index (χ3v) is 5.14. The zero-order valence-corrected chi connectivity index (χ0v) is 14.8. The molecule has 2 atom stereocenters. The molecule has 7 nitrogen and oxygen atoms in total. The number of amides is 1. The lowest BCUT2D eigenvalue weighted by Crippen LogP contribution is -2.53. The van der Waals surface area contributed by atoms with E-state index in [4.69, 9.17) is 9.84 Å². The Morgan fingerprint density at radius 2 is 1.96 bits per heavy atom. The van der Waals surface area contributed by atoms with Crippen molar-refractivity contribution in [3.05, 3.63) is 65.5 Å². The first-order valence-corrected chi connectivity index (χ1v) is 8.95. The van der Waals surface area contributed by atoms with E-state index in [0.717, 1.165) is 24.2 Å². The number of nitrogens with zero attached hydrogens (tertiary/aromatic N) is 3. The minimum absolute atomic E-state index is 0.00216. The Morgan fingerprint density at radius 1 is 1.15 bits per heavy atom. The molecule has 2 aromatic rings. The van der Waals surface area contributed by atoms with Crippen LogP contribution in [0, 0.1) is 0 Å². The Bertz CT molecular complexity index is 825. The van der Waals surface area contributed by atoms with Gasteiger partial charge in [0.25, 0.3) is 0 Å². The first-order chi connectivity index (χ1) is 13.1. The third-order valence-electron chi connectivity index (χ3n) is 5.14. The van der Waals surface area contributed by atoms with Gasteiger partial charge in [-0.1, -0.05) is 18.2 Å². The summed E-state index contributed by atoms with van der Waals surface area (Å²) in [5.41, 5.74) is 2.34. The second kappa shape index (κ2) is 7.46. The smallest absolute Gasteiger partial charge is 0.335 e. The Labute approximate surface area is 157 Å². The summed E-state index contributed by atoms with van der Waals surface area (Å²) in [5.74, 6) is -0.917. The van der Waals surface area contributed by atoms with Gasteiger partial charge in [0.2, 0.25) is 5.91 Å². The average Bonchev–Trinajstić information content (AvgIpc) is 3.08. The number of carboxylic acids is 1. The largest absolute Gasteiger partial charge is 0.478 e. The summed E-state index contributed by atoms with van der Waals surface area (Å²) in [4.78, 5) is 31.7. The third kappa shape index (κ3) is 3.84. The minimum Gasteiger partial charge on any atom is -0.478 e. The van der Waals surface area contributed by atoms with Crippen LogP contribution in [0.5, 0.6) is 0 Å². The predicted molar refractivity (Wildman–Crippen MR) is 97.0 cm³/mol. The molecule has 1 aromatic carbocycles. The number of aromatic carboxylic acids is 1. The number of morpholine rings is 1. The van der Waals surface area contributed by atoms with Gasteiger partial charge in [-0.2, -0.15) is 0 Å². The molecule has 3 heterocycles. The summed E-state index contributed by atoms with van der Waals surface area (Å²) in [5, 5.41) is 9.01. The Balaban J connectivity index is 1.44. The summed E-state index contributed by atoms with van der Waals surface area (Å²) >= 11 is 0. The number of aromatic nitrogens is 1. The molecule has 1 aromatic heterocycles. The first-order valence-electron chi connectivity index (χ1n) is 8.95. The number of pyridine rings is 1. The SMILES string of the molecule is O=C(O)c1ccc(CN2CC3OCC(=O)N(Cc4cccnc4)C3C2)cc1. The summed E-state index contributed by atoms with van der Waals surface area (Å²) in [7, 11) is 0. The van der Waals surface area contributed by atoms with Crippen molar-refractivity contribution < 1.29 is 19.4 Å². The van der Waals surface area contributed by atoms with Gasteiger partial charge in [0.15, 0.2) is 0 Å². The van der Waals surface area contributed by atoms with Crippen LogP contribution in [0.1, 0.15) is 21.5 Å². The van der Waals surface area contributed by atoms with Crippen LogP contribution in [-0.2, 0) is 22.6 Å². The standard InChI is InChI=1S/C20H21N3O4/c24-19-13-27-18-12-22(9-14-3-5-16(6-4-14)20(25)26)11-17(18)23(19)10-15-2-1-7-21-8-15/h1-8,17-18H,9-13H2,(H,25,26). The monoisotopic (exact) mass is 367 g/mol. The molecule has 1 N–H and O–H groups in total. The van der Waals surface area contributed by atoms with Crippen LogP contribution in [-0.4, -0.2) is 63.6 Å². The van der Waals surface area contributed by atoms with E-state index < -0.39 is 5.97 Å². The number of fused-ring (bicyclic) bond motifs is 1. The average molecular weight is 367 g/mol. The molecule has 0 aliphatic carbocycles. The number of carbonyl (C=O) groups is 2. The van der Waals surface area contributed by atoms with E-state index in [1.807, 2.05) is 29.2 Å². The summed E-state index contributed by atoms with van der Waals surface area (Å²) in [6.07, 6.45) is 3.51. The predicted octanol–water partition coefficient (Wildman–Crippen LogP) is 1.39. The highest BCUT2D eigenvalue weighted by molar-refractivity contribution is 5.87. The first kappa shape index (κ1) is 17.6. The van der Waals surface area contributed by atoms with Crippen LogP contribution in [0.2, 0.25) is 0 Å². The van der Waals surface area contributed by atoms with Crippen molar-refractivity contribution in [3.8, 4) is 0 Å². The molecule has 0 spiro atoms. The molecule has 2 fully saturated rings. The number of hydrogen-bond donors (Lipinski definition) is 1. The van der Waals surface area contributed by atoms with Crippen LogP contribution in [0.15, 0.2) is 48.8 Å². The maximum Gasteiger partial charge on any atom is 0.335 e. The van der Waals surface area contributed by atoms with Gasteiger partial charge in [-0.15, -0.1) is 0 Å². The van der Waals surface area contributed by atoms with Gasteiger partial charge in [-0.05, 0) is 29.3 Å². The molecule has 1 amide bonds. The number of rotatable bonds is 5. The quantitative estimate of drug-likeness (QED) is 0.860. The Kier molecular flexibility index (Phi) is 4.87. The molecular formula is C20H21N3O4. The molecule has 7 heteroatoms. The fourth-order valence-electron chi connectivity index (χ4n) is 3.78. The minimum atomic E-state index is -0.924. The molecule has 0 radical (unpaired) electrons. The van der Waals surface area contributed by atoms with Crippen molar-refractivity contribution in [3.63, 3.8) is 0 Å². The van der Waals surface area contributed by atoms with Crippen LogP contribution in [0.4, 0.5) is 0 Å². The van der Waals surface area contributed by atoms with E-state index in [-0.39, 0.29) is 30.2 Å². The van der Waals surface area contributed by atoms with E-state index in [9.17, 15) is 9.59 Å². The molecule has 140 valence electrons. The van der Waals surface area contributed by atoms with Gasteiger partial charge in [0, 0.05) is 38.6 Å². The van der Waals surface area contributed by atoms with Crippen LogP contribution >= 0.6 is 0 Å². The fourth-order valence-corrected chi connectivity index (χ4v) is 3.78. The van der Waals surface area contributed by atoms with Gasteiger partial charge in [0.05, 0.1) is 17.7 Å². The van der Waals surface area contributed by atoms with Crippen molar-refractivity contribution in [2.24, 2.45) is 0 Å². The van der Waals surface area contributed by atoms with Crippen molar-refractivity contribution in [1.29, 1.82) is 0 Å². The molecule has 0 saturated carbocycles. The zero-order valence-electron chi connectivity index (χ0n) is 14.8. The van der Waals surface area contributed by atoms with Gasteiger partial charge in [-0.3, -0.25) is 14.7 Å². The van der Waals surface area contributed by atoms with Crippen LogP contribution in [0.25, 0.3) is 0 Å². The summed E-state index contributed by atoms with van der Waals surface area (Å²) in [6, 6.07) is 10.8. The van der Waals surface area contributed by atoms with Crippen molar-refractivity contribution in [2.45, 2.75) is 25.2 Å². The van der Waals surface area contributed by atoms with Gasteiger partial charge in [-0.25, -0.2) is 4.79 Å². The van der Waals surface area contributed by atoms with Gasteiger partial charge < -0.3 is 14.7 Å². The molecule has 0 bridgehead atoms.